The van der Waals surface area contributed by atoms with Gasteiger partial charge in [-0.1, -0.05) is 6.92 Å². The number of nitrogens with zero attached hydrogens (tertiary/aromatic N) is 2. The van der Waals surface area contributed by atoms with Crippen molar-refractivity contribution in [2.45, 2.75) is 19.4 Å². The standard InChI is InChI=1S/C8H14N2O2/c1-3-7-6(8(12)5-11)4-10(2)9-7/h4,8,11-12H,3,5H2,1-2H3. The highest BCUT2D eigenvalue weighted by Crippen LogP contribution is 2.16. The topological polar surface area (TPSA) is 58.3 Å². The van der Waals surface area contributed by atoms with Gasteiger partial charge in [0.15, 0.2) is 0 Å². The third kappa shape index (κ3) is 1.65. The number of aryl methyl sites for hydroxylation is 2. The minimum absolute atomic E-state index is 0.251. The smallest absolute Gasteiger partial charge is 0.105 e. The molecule has 1 atom stereocenters. The Morgan fingerprint density at radius 3 is 2.83 bits per heavy atom. The molecule has 4 heteroatoms. The van der Waals surface area contributed by atoms with Gasteiger partial charge >= 0.3 is 0 Å². The van der Waals surface area contributed by atoms with Crippen LogP contribution in [0, 0.1) is 0 Å². The van der Waals surface area contributed by atoms with Crippen molar-refractivity contribution in [1.82, 2.24) is 9.78 Å². The molecular weight excluding hydrogens is 156 g/mol. The molecule has 2 N–H and O–H groups in total. The van der Waals surface area contributed by atoms with Gasteiger partial charge in [-0.2, -0.15) is 5.10 Å². The maximum Gasteiger partial charge on any atom is 0.105 e. The Bertz CT molecular complexity index is 258. The van der Waals surface area contributed by atoms with Crippen molar-refractivity contribution in [3.8, 4) is 0 Å². The van der Waals surface area contributed by atoms with Crippen molar-refractivity contribution in [3.63, 3.8) is 0 Å². The molecule has 1 heterocycles. The Labute approximate surface area is 71.5 Å². The van der Waals surface area contributed by atoms with Gasteiger partial charge in [0.05, 0.1) is 12.3 Å². The van der Waals surface area contributed by atoms with Crippen LogP contribution in [0.3, 0.4) is 0 Å². The molecule has 0 amide bonds. The monoisotopic (exact) mass is 170 g/mol. The fraction of sp³-hybridized carbons (Fsp3) is 0.625. The number of hydrogen-bond donors (Lipinski definition) is 2. The highest BCUT2D eigenvalue weighted by molar-refractivity contribution is 5.19. The molecular formula is C8H14N2O2. The third-order valence-corrected chi connectivity index (χ3v) is 1.80. The van der Waals surface area contributed by atoms with Crippen LogP contribution in [0.2, 0.25) is 0 Å². The number of aromatic nitrogens is 2. The molecule has 0 aliphatic rings. The van der Waals surface area contributed by atoms with Crippen LogP contribution in [-0.4, -0.2) is 26.6 Å². The third-order valence-electron chi connectivity index (χ3n) is 1.80. The van der Waals surface area contributed by atoms with Crippen LogP contribution in [0.1, 0.15) is 24.3 Å². The fourth-order valence-electron chi connectivity index (χ4n) is 1.20. The first kappa shape index (κ1) is 9.22. The Balaban J connectivity index is 2.96. The largest absolute Gasteiger partial charge is 0.393 e. The van der Waals surface area contributed by atoms with Gasteiger partial charge in [-0.3, -0.25) is 4.68 Å². The summed E-state index contributed by atoms with van der Waals surface area (Å²) in [6.45, 7) is 1.72. The second kappa shape index (κ2) is 3.69. The van der Waals surface area contributed by atoms with E-state index in [1.807, 2.05) is 6.92 Å². The predicted molar refractivity (Wildman–Crippen MR) is 44.6 cm³/mol. The lowest BCUT2D eigenvalue weighted by molar-refractivity contribution is 0.0949. The highest BCUT2D eigenvalue weighted by Gasteiger charge is 2.13. The van der Waals surface area contributed by atoms with Gasteiger partial charge in [0.1, 0.15) is 6.10 Å². The molecule has 0 bridgehead atoms. The number of aliphatic hydroxyl groups is 2. The molecule has 0 saturated heterocycles. The normalized spacial score (nSPS) is 13.3. The van der Waals surface area contributed by atoms with Crippen LogP contribution in [0.25, 0.3) is 0 Å². The van der Waals surface area contributed by atoms with E-state index >= 15 is 0 Å². The van der Waals surface area contributed by atoms with E-state index in [4.69, 9.17) is 5.11 Å². The molecule has 0 aromatic carbocycles. The van der Waals surface area contributed by atoms with Crippen molar-refractivity contribution >= 4 is 0 Å². The van der Waals surface area contributed by atoms with Crippen LogP contribution >= 0.6 is 0 Å². The van der Waals surface area contributed by atoms with Gasteiger partial charge in [-0.25, -0.2) is 0 Å². The molecule has 1 unspecified atom stereocenters. The van der Waals surface area contributed by atoms with Crippen molar-refractivity contribution in [2.24, 2.45) is 7.05 Å². The molecule has 0 saturated carbocycles. The van der Waals surface area contributed by atoms with Gasteiger partial charge in [0.25, 0.3) is 0 Å². The summed E-state index contributed by atoms with van der Waals surface area (Å²) in [4.78, 5) is 0. The van der Waals surface area contributed by atoms with Gasteiger partial charge in [-0.05, 0) is 6.42 Å². The van der Waals surface area contributed by atoms with Crippen molar-refractivity contribution in [1.29, 1.82) is 0 Å². The molecule has 0 fully saturated rings. The molecule has 0 radical (unpaired) electrons. The average Bonchev–Trinajstić information content (AvgIpc) is 2.45. The zero-order valence-corrected chi connectivity index (χ0v) is 7.36. The maximum atomic E-state index is 9.35. The second-order valence-electron chi connectivity index (χ2n) is 2.76. The van der Waals surface area contributed by atoms with Crippen molar-refractivity contribution in [2.75, 3.05) is 6.61 Å². The summed E-state index contributed by atoms with van der Waals surface area (Å²) in [5, 5.41) is 22.2. The Morgan fingerprint density at radius 1 is 1.67 bits per heavy atom. The maximum absolute atomic E-state index is 9.35. The lowest BCUT2D eigenvalue weighted by Crippen LogP contribution is -2.03. The van der Waals surface area contributed by atoms with E-state index < -0.39 is 6.10 Å². The average molecular weight is 170 g/mol. The Hall–Kier alpha value is -0.870. The summed E-state index contributed by atoms with van der Waals surface area (Å²) in [6.07, 6.45) is 1.71. The quantitative estimate of drug-likeness (QED) is 0.671. The van der Waals surface area contributed by atoms with E-state index in [0.717, 1.165) is 17.7 Å². The first-order valence-electron chi connectivity index (χ1n) is 4.00. The molecule has 1 aromatic heterocycles. The molecule has 4 nitrogen and oxygen atoms in total. The summed E-state index contributed by atoms with van der Waals surface area (Å²) in [5.74, 6) is 0. The van der Waals surface area contributed by atoms with Gasteiger partial charge in [0.2, 0.25) is 0 Å². The Morgan fingerprint density at radius 2 is 2.33 bits per heavy atom. The fourth-order valence-corrected chi connectivity index (χ4v) is 1.20. The van der Waals surface area contributed by atoms with E-state index in [-0.39, 0.29) is 6.61 Å². The molecule has 1 rings (SSSR count). The zero-order chi connectivity index (χ0) is 9.14. The molecule has 68 valence electrons. The van der Waals surface area contributed by atoms with Gasteiger partial charge in [-0.15, -0.1) is 0 Å². The number of rotatable bonds is 3. The van der Waals surface area contributed by atoms with Crippen molar-refractivity contribution < 1.29 is 10.2 Å². The summed E-state index contributed by atoms with van der Waals surface area (Å²) >= 11 is 0. The summed E-state index contributed by atoms with van der Waals surface area (Å²) < 4.78 is 1.65. The molecule has 12 heavy (non-hydrogen) atoms. The van der Waals surface area contributed by atoms with Crippen molar-refractivity contribution in [3.05, 3.63) is 17.5 Å². The minimum atomic E-state index is -0.798. The van der Waals surface area contributed by atoms with Crippen LogP contribution in [0.4, 0.5) is 0 Å². The second-order valence-corrected chi connectivity index (χ2v) is 2.76. The first-order valence-corrected chi connectivity index (χ1v) is 4.00. The molecule has 0 aliphatic carbocycles. The van der Waals surface area contributed by atoms with Crippen LogP contribution in [0.5, 0.6) is 0 Å². The van der Waals surface area contributed by atoms with E-state index in [9.17, 15) is 5.11 Å². The molecule has 0 spiro atoms. The van der Waals surface area contributed by atoms with E-state index in [0.29, 0.717) is 0 Å². The number of aliphatic hydroxyl groups excluding tert-OH is 2. The lowest BCUT2D eigenvalue weighted by Gasteiger charge is -2.04. The van der Waals surface area contributed by atoms with Crippen LogP contribution in [0.15, 0.2) is 6.20 Å². The van der Waals surface area contributed by atoms with E-state index in [1.54, 1.807) is 17.9 Å². The summed E-state index contributed by atoms with van der Waals surface area (Å²) in [6, 6.07) is 0. The highest BCUT2D eigenvalue weighted by atomic mass is 16.3. The van der Waals surface area contributed by atoms with Gasteiger partial charge < -0.3 is 10.2 Å². The molecule has 1 aromatic rings. The minimum Gasteiger partial charge on any atom is -0.393 e. The summed E-state index contributed by atoms with van der Waals surface area (Å²) in [5.41, 5.74) is 1.57. The van der Waals surface area contributed by atoms with Crippen LogP contribution < -0.4 is 0 Å². The summed E-state index contributed by atoms with van der Waals surface area (Å²) in [7, 11) is 1.80. The van der Waals surface area contributed by atoms with E-state index in [1.165, 1.54) is 0 Å². The Kier molecular flexibility index (Phi) is 2.83. The lowest BCUT2D eigenvalue weighted by atomic mass is 10.1. The zero-order valence-electron chi connectivity index (χ0n) is 7.36. The van der Waals surface area contributed by atoms with E-state index in [2.05, 4.69) is 5.10 Å². The SMILES string of the molecule is CCc1nn(C)cc1C(O)CO. The predicted octanol–water partition coefficient (Wildman–Crippen LogP) is 0.00820. The van der Waals surface area contributed by atoms with Gasteiger partial charge in [0, 0.05) is 18.8 Å². The first-order chi connectivity index (χ1) is 5.69. The molecule has 0 aliphatic heterocycles. The number of hydrogen-bond acceptors (Lipinski definition) is 3. The van der Waals surface area contributed by atoms with Crippen LogP contribution in [-0.2, 0) is 13.5 Å².